The summed E-state index contributed by atoms with van der Waals surface area (Å²) < 4.78 is 11.7. The van der Waals surface area contributed by atoms with Crippen LogP contribution in [-0.2, 0) is 0 Å². The van der Waals surface area contributed by atoms with E-state index in [0.29, 0.717) is 0 Å². The molecule has 1 aromatic rings. The van der Waals surface area contributed by atoms with E-state index in [4.69, 9.17) is 9.47 Å². The highest BCUT2D eigenvalue weighted by molar-refractivity contribution is 9.10. The summed E-state index contributed by atoms with van der Waals surface area (Å²) in [5.41, 5.74) is 0. The Morgan fingerprint density at radius 2 is 2.19 bits per heavy atom. The minimum atomic E-state index is -0.339. The van der Waals surface area contributed by atoms with Crippen LogP contribution in [0.15, 0.2) is 22.7 Å². The number of benzene rings is 1. The second-order valence-corrected chi connectivity index (χ2v) is 4.81. The third-order valence-electron chi connectivity index (χ3n) is 2.84. The lowest BCUT2D eigenvalue weighted by Crippen LogP contribution is -2.25. The fraction of sp³-hybridized carbons (Fsp3) is 0.500. The summed E-state index contributed by atoms with van der Waals surface area (Å²) in [7, 11) is 1.63. The molecule has 4 heteroatoms. The Labute approximate surface area is 104 Å². The van der Waals surface area contributed by atoms with Gasteiger partial charge in [0, 0.05) is 0 Å². The van der Waals surface area contributed by atoms with Crippen LogP contribution in [0, 0.1) is 0 Å². The molecule has 2 rings (SSSR count). The molecule has 1 aliphatic carbocycles. The zero-order valence-corrected chi connectivity index (χ0v) is 10.7. The number of ether oxygens (including phenoxy) is 2. The van der Waals surface area contributed by atoms with Gasteiger partial charge < -0.3 is 14.6 Å². The Balaban J connectivity index is 2.09. The van der Waals surface area contributed by atoms with Crippen molar-refractivity contribution in [1.82, 2.24) is 0 Å². The largest absolute Gasteiger partial charge is 0.497 e. The van der Waals surface area contributed by atoms with Gasteiger partial charge in [-0.15, -0.1) is 0 Å². The summed E-state index contributed by atoms with van der Waals surface area (Å²) >= 11 is 3.43. The maximum Gasteiger partial charge on any atom is 0.134 e. The fourth-order valence-electron chi connectivity index (χ4n) is 1.91. The molecule has 0 spiro atoms. The molecule has 0 saturated heterocycles. The van der Waals surface area contributed by atoms with Crippen molar-refractivity contribution in [1.29, 1.82) is 0 Å². The van der Waals surface area contributed by atoms with E-state index in [0.717, 1.165) is 35.2 Å². The van der Waals surface area contributed by atoms with Crippen LogP contribution in [0.5, 0.6) is 11.5 Å². The second-order valence-electron chi connectivity index (χ2n) is 3.95. The molecule has 0 bridgehead atoms. The normalized spacial score (nSPS) is 24.4. The quantitative estimate of drug-likeness (QED) is 0.929. The minimum Gasteiger partial charge on any atom is -0.497 e. The summed E-state index contributed by atoms with van der Waals surface area (Å²) in [6.45, 7) is 0. The van der Waals surface area contributed by atoms with Gasteiger partial charge >= 0.3 is 0 Å². The van der Waals surface area contributed by atoms with Crippen LogP contribution < -0.4 is 9.47 Å². The molecule has 0 heterocycles. The van der Waals surface area contributed by atoms with Crippen molar-refractivity contribution in [2.24, 2.45) is 0 Å². The van der Waals surface area contributed by atoms with Crippen molar-refractivity contribution in [3.63, 3.8) is 0 Å². The highest BCUT2D eigenvalue weighted by Gasteiger charge is 2.27. The molecule has 1 saturated carbocycles. The molecule has 1 aromatic carbocycles. The van der Waals surface area contributed by atoms with Gasteiger partial charge in [-0.25, -0.2) is 0 Å². The summed E-state index contributed by atoms with van der Waals surface area (Å²) in [4.78, 5) is 0. The van der Waals surface area contributed by atoms with Gasteiger partial charge in [0.15, 0.2) is 0 Å². The molecular weight excluding hydrogens is 272 g/mol. The summed E-state index contributed by atoms with van der Waals surface area (Å²) in [6.07, 6.45) is 2.36. The molecule has 3 nitrogen and oxygen atoms in total. The number of rotatable bonds is 3. The van der Waals surface area contributed by atoms with Crippen molar-refractivity contribution in [3.8, 4) is 11.5 Å². The van der Waals surface area contributed by atoms with Gasteiger partial charge in [0.25, 0.3) is 0 Å². The first-order chi connectivity index (χ1) is 7.70. The average Bonchev–Trinajstić information content (AvgIpc) is 2.67. The van der Waals surface area contributed by atoms with Gasteiger partial charge in [-0.3, -0.25) is 0 Å². The van der Waals surface area contributed by atoms with Gasteiger partial charge in [0.2, 0.25) is 0 Å². The van der Waals surface area contributed by atoms with E-state index in [1.807, 2.05) is 18.2 Å². The van der Waals surface area contributed by atoms with E-state index < -0.39 is 0 Å². The number of hydrogen-bond acceptors (Lipinski definition) is 3. The monoisotopic (exact) mass is 286 g/mol. The molecule has 0 aromatic heterocycles. The van der Waals surface area contributed by atoms with Crippen molar-refractivity contribution in [2.45, 2.75) is 31.5 Å². The predicted octanol–water partition coefficient (Wildman–Crippen LogP) is 2.75. The van der Waals surface area contributed by atoms with Gasteiger partial charge in [0.05, 0.1) is 17.7 Å². The third-order valence-corrected chi connectivity index (χ3v) is 3.45. The third kappa shape index (κ3) is 2.50. The van der Waals surface area contributed by atoms with Gasteiger partial charge in [-0.2, -0.15) is 0 Å². The van der Waals surface area contributed by atoms with Crippen LogP contribution in [0.3, 0.4) is 0 Å². The molecule has 0 radical (unpaired) electrons. The lowest BCUT2D eigenvalue weighted by molar-refractivity contribution is 0.0599. The van der Waals surface area contributed by atoms with E-state index in [1.165, 1.54) is 0 Å². The van der Waals surface area contributed by atoms with E-state index in [1.54, 1.807) is 7.11 Å². The van der Waals surface area contributed by atoms with Crippen LogP contribution in [0.25, 0.3) is 0 Å². The standard InChI is InChI=1S/C12H15BrO3/c1-15-8-5-6-11(9(13)7-8)16-12-4-2-3-10(12)14/h5-7,10,12,14H,2-4H2,1H3. The van der Waals surface area contributed by atoms with E-state index in [-0.39, 0.29) is 12.2 Å². The van der Waals surface area contributed by atoms with Crippen molar-refractivity contribution in [3.05, 3.63) is 22.7 Å². The summed E-state index contributed by atoms with van der Waals surface area (Å²) in [5, 5.41) is 9.68. The maximum atomic E-state index is 9.68. The lowest BCUT2D eigenvalue weighted by Gasteiger charge is -2.18. The Hall–Kier alpha value is -0.740. The molecule has 1 N–H and O–H groups in total. The van der Waals surface area contributed by atoms with Crippen LogP contribution in [0.2, 0.25) is 0 Å². The highest BCUT2D eigenvalue weighted by Crippen LogP contribution is 2.32. The van der Waals surface area contributed by atoms with Crippen molar-refractivity contribution in [2.75, 3.05) is 7.11 Å². The van der Waals surface area contributed by atoms with Gasteiger partial charge in [0.1, 0.15) is 17.6 Å². The highest BCUT2D eigenvalue weighted by atomic mass is 79.9. The zero-order chi connectivity index (χ0) is 11.5. The number of methoxy groups -OCH3 is 1. The van der Waals surface area contributed by atoms with Gasteiger partial charge in [-0.05, 0) is 53.4 Å². The van der Waals surface area contributed by atoms with Crippen LogP contribution >= 0.6 is 15.9 Å². The van der Waals surface area contributed by atoms with Gasteiger partial charge in [-0.1, -0.05) is 0 Å². The zero-order valence-electron chi connectivity index (χ0n) is 9.15. The first-order valence-electron chi connectivity index (χ1n) is 5.39. The van der Waals surface area contributed by atoms with Crippen molar-refractivity contribution >= 4 is 15.9 Å². The van der Waals surface area contributed by atoms with Crippen LogP contribution in [-0.4, -0.2) is 24.4 Å². The molecule has 0 aliphatic heterocycles. The molecule has 2 atom stereocenters. The first-order valence-corrected chi connectivity index (χ1v) is 6.18. The fourth-order valence-corrected chi connectivity index (χ4v) is 2.36. The molecule has 2 unspecified atom stereocenters. The number of hydrogen-bond donors (Lipinski definition) is 1. The number of halogens is 1. The maximum absolute atomic E-state index is 9.68. The second kappa shape index (κ2) is 5.06. The Morgan fingerprint density at radius 3 is 2.75 bits per heavy atom. The van der Waals surface area contributed by atoms with Crippen molar-refractivity contribution < 1.29 is 14.6 Å². The first kappa shape index (κ1) is 11.7. The topological polar surface area (TPSA) is 38.7 Å². The number of aliphatic hydroxyl groups is 1. The Morgan fingerprint density at radius 1 is 1.38 bits per heavy atom. The number of aliphatic hydroxyl groups excluding tert-OH is 1. The smallest absolute Gasteiger partial charge is 0.134 e. The summed E-state index contributed by atoms with van der Waals surface area (Å²) in [5.74, 6) is 1.54. The van der Waals surface area contributed by atoms with E-state index in [2.05, 4.69) is 15.9 Å². The molecule has 1 aliphatic rings. The van der Waals surface area contributed by atoms with Crippen LogP contribution in [0.1, 0.15) is 19.3 Å². The Kier molecular flexibility index (Phi) is 3.71. The molecule has 16 heavy (non-hydrogen) atoms. The van der Waals surface area contributed by atoms with Crippen LogP contribution in [0.4, 0.5) is 0 Å². The predicted molar refractivity (Wildman–Crippen MR) is 65.0 cm³/mol. The Bertz CT molecular complexity index is 367. The molecular formula is C12H15BrO3. The van der Waals surface area contributed by atoms with E-state index >= 15 is 0 Å². The van der Waals surface area contributed by atoms with E-state index in [9.17, 15) is 5.11 Å². The molecule has 88 valence electrons. The lowest BCUT2D eigenvalue weighted by atomic mass is 10.2. The molecule has 0 amide bonds. The summed E-state index contributed by atoms with van der Waals surface area (Å²) in [6, 6.07) is 5.56. The molecule has 1 fully saturated rings. The SMILES string of the molecule is COc1ccc(OC2CCCC2O)c(Br)c1. The average molecular weight is 287 g/mol. The minimum absolute atomic E-state index is 0.0790.